The number of hydrogen-bond acceptors (Lipinski definition) is 5. The number of thiazole rings is 1. The number of ether oxygens (including phenoxy) is 1. The number of fused-ring (bicyclic) bond motifs is 3. The van der Waals surface area contributed by atoms with Gasteiger partial charge in [0.15, 0.2) is 5.78 Å². The summed E-state index contributed by atoms with van der Waals surface area (Å²) in [5.41, 5.74) is 4.62. The van der Waals surface area contributed by atoms with Gasteiger partial charge in [-0.15, -0.1) is 11.3 Å². The van der Waals surface area contributed by atoms with Crippen LogP contribution in [0.15, 0.2) is 42.6 Å². The molecule has 1 aromatic heterocycles. The standard InChI is InChI=1S/C23H18N2O2S/c1-12(2)27-19-7-6-13(8-14(19)10-24)23-25-11-20(28-23)15-4-3-5-16-21(15)17-9-18(17)22(16)26/h3-8,11-12,17-18H,9H2,1-2H3. The summed E-state index contributed by atoms with van der Waals surface area (Å²) in [4.78, 5) is 18.0. The molecular formula is C23H18N2O2S. The van der Waals surface area contributed by atoms with Crippen molar-refractivity contribution < 1.29 is 9.53 Å². The van der Waals surface area contributed by atoms with Gasteiger partial charge in [0.1, 0.15) is 16.8 Å². The Hall–Kier alpha value is -2.97. The summed E-state index contributed by atoms with van der Waals surface area (Å²) in [7, 11) is 0. The van der Waals surface area contributed by atoms with E-state index < -0.39 is 0 Å². The average Bonchev–Trinajstić information content (AvgIpc) is 3.24. The highest BCUT2D eigenvalue weighted by atomic mass is 32.1. The maximum Gasteiger partial charge on any atom is 0.166 e. The van der Waals surface area contributed by atoms with Crippen LogP contribution >= 0.6 is 11.3 Å². The van der Waals surface area contributed by atoms with Gasteiger partial charge in [0, 0.05) is 23.2 Å². The number of carbonyl (C=O) groups is 1. The second-order valence-electron chi connectivity index (χ2n) is 7.60. The van der Waals surface area contributed by atoms with E-state index in [1.165, 1.54) is 5.56 Å². The molecule has 0 radical (unpaired) electrons. The summed E-state index contributed by atoms with van der Waals surface area (Å²) in [6.07, 6.45) is 2.87. The number of Topliss-reactive ketones (excluding diaryl/α,β-unsaturated/α-hetero) is 1. The molecule has 1 heterocycles. The summed E-state index contributed by atoms with van der Waals surface area (Å²) in [6.45, 7) is 3.88. The highest BCUT2D eigenvalue weighted by Gasteiger charge is 2.52. The van der Waals surface area contributed by atoms with Crippen LogP contribution < -0.4 is 4.74 Å². The average molecular weight is 386 g/mol. The Morgan fingerprint density at radius 1 is 1.21 bits per heavy atom. The molecule has 1 fully saturated rings. The largest absolute Gasteiger partial charge is 0.490 e. The highest BCUT2D eigenvalue weighted by molar-refractivity contribution is 7.18. The number of aromatic nitrogens is 1. The molecule has 2 aromatic carbocycles. The molecule has 0 aliphatic heterocycles. The van der Waals surface area contributed by atoms with Crippen LogP contribution in [-0.2, 0) is 0 Å². The number of nitrogens with zero attached hydrogens (tertiary/aromatic N) is 2. The van der Waals surface area contributed by atoms with Crippen LogP contribution in [0, 0.1) is 17.2 Å². The predicted molar refractivity (Wildman–Crippen MR) is 109 cm³/mol. The van der Waals surface area contributed by atoms with E-state index in [0.717, 1.165) is 33.0 Å². The van der Waals surface area contributed by atoms with Crippen molar-refractivity contribution in [3.8, 4) is 32.8 Å². The fourth-order valence-corrected chi connectivity index (χ4v) is 4.99. The van der Waals surface area contributed by atoms with Gasteiger partial charge in [0.2, 0.25) is 0 Å². The van der Waals surface area contributed by atoms with Crippen molar-refractivity contribution in [1.29, 1.82) is 5.26 Å². The monoisotopic (exact) mass is 386 g/mol. The normalized spacial score (nSPS) is 19.3. The minimum Gasteiger partial charge on any atom is -0.490 e. The Morgan fingerprint density at radius 3 is 2.82 bits per heavy atom. The molecule has 5 heteroatoms. The van der Waals surface area contributed by atoms with Crippen LogP contribution in [-0.4, -0.2) is 16.9 Å². The van der Waals surface area contributed by atoms with Gasteiger partial charge in [-0.1, -0.05) is 18.2 Å². The molecule has 2 unspecified atom stereocenters. The summed E-state index contributed by atoms with van der Waals surface area (Å²) >= 11 is 1.59. The summed E-state index contributed by atoms with van der Waals surface area (Å²) < 4.78 is 5.71. The van der Waals surface area contributed by atoms with Crippen LogP contribution in [0.5, 0.6) is 5.75 Å². The lowest BCUT2D eigenvalue weighted by Crippen LogP contribution is -2.06. The molecule has 2 aliphatic carbocycles. The van der Waals surface area contributed by atoms with E-state index in [4.69, 9.17) is 4.74 Å². The minimum absolute atomic E-state index is 0.0125. The van der Waals surface area contributed by atoms with Gasteiger partial charge in [-0.05, 0) is 55.5 Å². The van der Waals surface area contributed by atoms with Gasteiger partial charge in [0.25, 0.3) is 0 Å². The Kier molecular flexibility index (Phi) is 3.85. The van der Waals surface area contributed by atoms with Gasteiger partial charge < -0.3 is 4.74 Å². The van der Waals surface area contributed by atoms with Gasteiger partial charge in [-0.3, -0.25) is 4.79 Å². The first-order valence-corrected chi connectivity index (χ1v) is 10.2. The number of rotatable bonds is 4. The van der Waals surface area contributed by atoms with E-state index in [2.05, 4.69) is 17.1 Å². The Bertz CT molecular complexity index is 1160. The Balaban J connectivity index is 1.52. The van der Waals surface area contributed by atoms with Crippen molar-refractivity contribution in [1.82, 2.24) is 4.98 Å². The van der Waals surface area contributed by atoms with Crippen LogP contribution in [0.4, 0.5) is 0 Å². The van der Waals surface area contributed by atoms with E-state index in [0.29, 0.717) is 23.0 Å². The van der Waals surface area contributed by atoms with Gasteiger partial charge >= 0.3 is 0 Å². The smallest absolute Gasteiger partial charge is 0.166 e. The van der Waals surface area contributed by atoms with Gasteiger partial charge in [-0.2, -0.15) is 5.26 Å². The molecule has 2 aliphatic rings. The molecule has 1 saturated carbocycles. The number of carbonyl (C=O) groups excluding carboxylic acids is 1. The topological polar surface area (TPSA) is 63.0 Å². The zero-order valence-corrected chi connectivity index (χ0v) is 16.4. The van der Waals surface area contributed by atoms with Crippen molar-refractivity contribution in [3.63, 3.8) is 0 Å². The third kappa shape index (κ3) is 2.64. The number of ketones is 1. The molecule has 0 spiro atoms. The van der Waals surface area contributed by atoms with Crippen molar-refractivity contribution in [2.45, 2.75) is 32.3 Å². The first-order chi connectivity index (χ1) is 13.6. The van der Waals surface area contributed by atoms with Crippen LogP contribution in [0.2, 0.25) is 0 Å². The number of nitriles is 1. The molecule has 0 bridgehead atoms. The molecular weight excluding hydrogens is 368 g/mol. The van der Waals surface area contributed by atoms with Gasteiger partial charge in [0.05, 0.1) is 16.5 Å². The maximum atomic E-state index is 12.4. The lowest BCUT2D eigenvalue weighted by molar-refractivity contribution is 0.0974. The summed E-state index contributed by atoms with van der Waals surface area (Å²) in [5, 5.41) is 10.3. The first kappa shape index (κ1) is 17.2. The Morgan fingerprint density at radius 2 is 2.04 bits per heavy atom. The molecule has 3 aromatic rings. The molecule has 5 rings (SSSR count). The van der Waals surface area contributed by atoms with E-state index in [9.17, 15) is 10.1 Å². The fraction of sp³-hybridized carbons (Fsp3) is 0.261. The zero-order chi connectivity index (χ0) is 19.4. The number of benzene rings is 2. The summed E-state index contributed by atoms with van der Waals surface area (Å²) in [5.74, 6) is 1.49. The fourth-order valence-electron chi connectivity index (χ4n) is 4.04. The lowest BCUT2D eigenvalue weighted by Gasteiger charge is -2.11. The SMILES string of the molecule is CC(C)Oc1ccc(-c2ncc(-c3cccc4c3C3CC3C4=O)s2)cc1C#N. The van der Waals surface area contributed by atoms with Crippen LogP contribution in [0.3, 0.4) is 0 Å². The molecule has 138 valence electrons. The Labute approximate surface area is 167 Å². The quantitative estimate of drug-likeness (QED) is 0.599. The second kappa shape index (κ2) is 6.29. The highest BCUT2D eigenvalue weighted by Crippen LogP contribution is 2.58. The van der Waals surface area contributed by atoms with Crippen molar-refractivity contribution in [2.75, 3.05) is 0 Å². The van der Waals surface area contributed by atoms with Crippen LogP contribution in [0.1, 0.15) is 47.7 Å². The van der Waals surface area contributed by atoms with Crippen LogP contribution in [0.25, 0.3) is 21.0 Å². The molecule has 4 nitrogen and oxygen atoms in total. The molecule has 0 amide bonds. The van der Waals surface area contributed by atoms with E-state index in [1.807, 2.05) is 50.4 Å². The molecule has 0 N–H and O–H groups in total. The van der Waals surface area contributed by atoms with E-state index >= 15 is 0 Å². The number of hydrogen-bond donors (Lipinski definition) is 0. The predicted octanol–water partition coefficient (Wildman–Crippen LogP) is 5.44. The molecule has 28 heavy (non-hydrogen) atoms. The van der Waals surface area contributed by atoms with Crippen molar-refractivity contribution in [3.05, 3.63) is 59.3 Å². The van der Waals surface area contributed by atoms with Crippen molar-refractivity contribution in [2.24, 2.45) is 5.92 Å². The van der Waals surface area contributed by atoms with E-state index in [-0.39, 0.29) is 12.0 Å². The third-order valence-corrected chi connectivity index (χ3v) is 6.43. The van der Waals surface area contributed by atoms with E-state index in [1.54, 1.807) is 11.3 Å². The second-order valence-corrected chi connectivity index (χ2v) is 8.63. The lowest BCUT2D eigenvalue weighted by atomic mass is 9.98. The van der Waals surface area contributed by atoms with Crippen molar-refractivity contribution >= 4 is 17.1 Å². The molecule has 0 saturated heterocycles. The van der Waals surface area contributed by atoms with Gasteiger partial charge in [-0.25, -0.2) is 4.98 Å². The summed E-state index contributed by atoms with van der Waals surface area (Å²) in [6, 6.07) is 13.8. The first-order valence-electron chi connectivity index (χ1n) is 9.41. The maximum absolute atomic E-state index is 12.4. The third-order valence-electron chi connectivity index (χ3n) is 5.35. The molecule has 2 atom stereocenters. The minimum atomic E-state index is 0.0125. The zero-order valence-electron chi connectivity index (χ0n) is 15.6.